The van der Waals surface area contributed by atoms with Crippen LogP contribution >= 0.6 is 0 Å². The molecule has 0 fully saturated rings. The van der Waals surface area contributed by atoms with Gasteiger partial charge in [0.15, 0.2) is 0 Å². The maximum atomic E-state index is 4.07. The van der Waals surface area contributed by atoms with E-state index in [1.165, 1.54) is 5.57 Å². The van der Waals surface area contributed by atoms with Gasteiger partial charge in [0.1, 0.15) is 0 Å². The van der Waals surface area contributed by atoms with Gasteiger partial charge in [0.05, 0.1) is 0 Å². The molecule has 0 saturated heterocycles. The monoisotopic (exact) mass is 190 g/mol. The van der Waals surface area contributed by atoms with Crippen LogP contribution in [0.15, 0.2) is 30.1 Å². The Balaban J connectivity index is 2.52. The first-order valence-corrected chi connectivity index (χ1v) is 4.99. The first-order chi connectivity index (χ1) is 6.68. The van der Waals surface area contributed by atoms with Crippen LogP contribution in [0.1, 0.15) is 26.3 Å². The molecule has 0 unspecified atom stereocenters. The molecule has 1 aromatic heterocycles. The van der Waals surface area contributed by atoms with Crippen molar-refractivity contribution < 1.29 is 0 Å². The fourth-order valence-electron chi connectivity index (χ4n) is 1.16. The second kappa shape index (κ2) is 5.55. The van der Waals surface area contributed by atoms with Crippen LogP contribution in [0.4, 0.5) is 0 Å². The molecular formula is C12H18N2. The number of nitrogens with zero attached hydrogens (tertiary/aromatic N) is 1. The molecule has 0 aliphatic heterocycles. The molecule has 1 rings (SSSR count). The molecule has 0 saturated carbocycles. The molecule has 0 aliphatic carbocycles. The van der Waals surface area contributed by atoms with Crippen LogP contribution in [0, 0.1) is 0 Å². The van der Waals surface area contributed by atoms with Gasteiger partial charge in [0.25, 0.3) is 0 Å². The number of rotatable bonds is 4. The summed E-state index contributed by atoms with van der Waals surface area (Å²) in [5.74, 6) is 0. The minimum absolute atomic E-state index is 0.534. The average Bonchev–Trinajstić information content (AvgIpc) is 2.16. The third-order valence-corrected chi connectivity index (χ3v) is 1.89. The van der Waals surface area contributed by atoms with E-state index in [0.29, 0.717) is 6.04 Å². The van der Waals surface area contributed by atoms with Crippen LogP contribution < -0.4 is 5.32 Å². The third-order valence-electron chi connectivity index (χ3n) is 1.89. The van der Waals surface area contributed by atoms with Crippen molar-refractivity contribution in [2.75, 3.05) is 6.54 Å². The van der Waals surface area contributed by atoms with E-state index in [1.807, 2.05) is 12.3 Å². The highest BCUT2D eigenvalue weighted by Crippen LogP contribution is 2.03. The molecule has 1 N–H and O–H groups in total. The van der Waals surface area contributed by atoms with Gasteiger partial charge in [-0.25, -0.2) is 0 Å². The van der Waals surface area contributed by atoms with Gasteiger partial charge in [-0.2, -0.15) is 0 Å². The van der Waals surface area contributed by atoms with Crippen LogP contribution in [0.5, 0.6) is 0 Å². The average molecular weight is 190 g/mol. The predicted octanol–water partition coefficient (Wildman–Crippen LogP) is 2.48. The Bertz CT molecular complexity index is 288. The Morgan fingerprint density at radius 1 is 1.57 bits per heavy atom. The Hall–Kier alpha value is -1.15. The maximum absolute atomic E-state index is 4.07. The zero-order chi connectivity index (χ0) is 10.4. The summed E-state index contributed by atoms with van der Waals surface area (Å²) in [6, 6.07) is 4.55. The first-order valence-electron chi connectivity index (χ1n) is 4.99. The summed E-state index contributed by atoms with van der Waals surface area (Å²) in [6.45, 7) is 7.36. The lowest BCUT2D eigenvalue weighted by atomic mass is 10.2. The summed E-state index contributed by atoms with van der Waals surface area (Å²) < 4.78 is 0. The smallest absolute Gasteiger partial charge is 0.0340 e. The topological polar surface area (TPSA) is 24.9 Å². The fourth-order valence-corrected chi connectivity index (χ4v) is 1.16. The SMILES string of the molecule is CC(=Cc1cccnc1)CNC(C)C. The molecule has 0 amide bonds. The summed E-state index contributed by atoms with van der Waals surface area (Å²) in [5.41, 5.74) is 2.49. The Kier molecular flexibility index (Phi) is 4.33. The number of hydrogen-bond donors (Lipinski definition) is 1. The van der Waals surface area contributed by atoms with Gasteiger partial charge < -0.3 is 5.32 Å². The Labute approximate surface area is 86.1 Å². The van der Waals surface area contributed by atoms with Crippen LogP contribution in [0.2, 0.25) is 0 Å². The molecule has 14 heavy (non-hydrogen) atoms. The summed E-state index contributed by atoms with van der Waals surface area (Å²) in [6.07, 6.45) is 5.82. The van der Waals surface area contributed by atoms with Gasteiger partial charge >= 0.3 is 0 Å². The zero-order valence-electron chi connectivity index (χ0n) is 9.12. The Morgan fingerprint density at radius 3 is 2.93 bits per heavy atom. The standard InChI is InChI=1S/C12H18N2/c1-10(2)14-8-11(3)7-12-5-4-6-13-9-12/h4-7,9-10,14H,8H2,1-3H3. The van der Waals surface area contributed by atoms with E-state index in [1.54, 1.807) is 6.20 Å². The molecule has 1 aromatic rings. The molecule has 0 spiro atoms. The van der Waals surface area contributed by atoms with E-state index in [2.05, 4.69) is 43.2 Å². The minimum Gasteiger partial charge on any atom is -0.311 e. The maximum Gasteiger partial charge on any atom is 0.0340 e. The van der Waals surface area contributed by atoms with E-state index in [9.17, 15) is 0 Å². The lowest BCUT2D eigenvalue weighted by molar-refractivity contribution is 0.623. The minimum atomic E-state index is 0.534. The van der Waals surface area contributed by atoms with Crippen molar-refractivity contribution in [1.82, 2.24) is 10.3 Å². The van der Waals surface area contributed by atoms with Crippen LogP contribution in [-0.2, 0) is 0 Å². The lowest BCUT2D eigenvalue weighted by Gasteiger charge is -2.07. The van der Waals surface area contributed by atoms with Gasteiger partial charge in [-0.05, 0) is 18.6 Å². The van der Waals surface area contributed by atoms with Crippen LogP contribution in [0.3, 0.4) is 0 Å². The summed E-state index contributed by atoms with van der Waals surface area (Å²) in [5, 5.41) is 3.38. The summed E-state index contributed by atoms with van der Waals surface area (Å²) in [7, 11) is 0. The molecule has 0 aromatic carbocycles. The van der Waals surface area contributed by atoms with E-state index in [4.69, 9.17) is 0 Å². The number of aromatic nitrogens is 1. The van der Waals surface area contributed by atoms with Crippen LogP contribution in [-0.4, -0.2) is 17.6 Å². The van der Waals surface area contributed by atoms with E-state index in [0.717, 1.165) is 12.1 Å². The molecule has 0 bridgehead atoms. The predicted molar refractivity (Wildman–Crippen MR) is 61.0 cm³/mol. The highest BCUT2D eigenvalue weighted by atomic mass is 14.9. The fraction of sp³-hybridized carbons (Fsp3) is 0.417. The van der Waals surface area contributed by atoms with Crippen molar-refractivity contribution in [3.05, 3.63) is 35.7 Å². The zero-order valence-corrected chi connectivity index (χ0v) is 9.12. The van der Waals surface area contributed by atoms with Crippen molar-refractivity contribution in [3.8, 4) is 0 Å². The number of pyridine rings is 1. The quantitative estimate of drug-likeness (QED) is 0.789. The van der Waals surface area contributed by atoms with Crippen LogP contribution in [0.25, 0.3) is 6.08 Å². The highest BCUT2D eigenvalue weighted by Gasteiger charge is 1.93. The lowest BCUT2D eigenvalue weighted by Crippen LogP contribution is -2.24. The molecule has 0 atom stereocenters. The van der Waals surface area contributed by atoms with E-state index >= 15 is 0 Å². The van der Waals surface area contributed by atoms with Crippen molar-refractivity contribution in [1.29, 1.82) is 0 Å². The second-order valence-corrected chi connectivity index (χ2v) is 3.81. The molecule has 1 heterocycles. The van der Waals surface area contributed by atoms with Gasteiger partial charge in [0.2, 0.25) is 0 Å². The molecule has 2 heteroatoms. The first kappa shape index (κ1) is 10.9. The molecule has 0 radical (unpaired) electrons. The van der Waals surface area contributed by atoms with Crippen molar-refractivity contribution in [2.24, 2.45) is 0 Å². The molecule has 76 valence electrons. The van der Waals surface area contributed by atoms with E-state index in [-0.39, 0.29) is 0 Å². The van der Waals surface area contributed by atoms with E-state index < -0.39 is 0 Å². The summed E-state index contributed by atoms with van der Waals surface area (Å²) >= 11 is 0. The van der Waals surface area contributed by atoms with Crippen molar-refractivity contribution in [3.63, 3.8) is 0 Å². The third kappa shape index (κ3) is 4.19. The second-order valence-electron chi connectivity index (χ2n) is 3.81. The number of nitrogens with one attached hydrogen (secondary N) is 1. The van der Waals surface area contributed by atoms with Gasteiger partial charge in [-0.3, -0.25) is 4.98 Å². The Morgan fingerprint density at radius 2 is 2.36 bits per heavy atom. The normalized spacial score (nSPS) is 12.1. The van der Waals surface area contributed by atoms with Gasteiger partial charge in [-0.15, -0.1) is 0 Å². The molecular weight excluding hydrogens is 172 g/mol. The number of hydrogen-bond acceptors (Lipinski definition) is 2. The molecule has 0 aliphatic rings. The summed E-state index contributed by atoms with van der Waals surface area (Å²) in [4.78, 5) is 4.07. The van der Waals surface area contributed by atoms with Crippen molar-refractivity contribution in [2.45, 2.75) is 26.8 Å². The van der Waals surface area contributed by atoms with Gasteiger partial charge in [0, 0.05) is 25.0 Å². The highest BCUT2D eigenvalue weighted by molar-refractivity contribution is 5.51. The largest absolute Gasteiger partial charge is 0.311 e. The van der Waals surface area contributed by atoms with Gasteiger partial charge in [-0.1, -0.05) is 31.6 Å². The molecule has 2 nitrogen and oxygen atoms in total. The van der Waals surface area contributed by atoms with Crippen molar-refractivity contribution >= 4 is 6.08 Å².